The second-order valence-corrected chi connectivity index (χ2v) is 8.22. The van der Waals surface area contributed by atoms with E-state index in [0.29, 0.717) is 31.2 Å². The molecule has 5 nitrogen and oxygen atoms in total. The van der Waals surface area contributed by atoms with Gasteiger partial charge in [-0.25, -0.2) is 4.39 Å². The number of rotatable bonds is 5. The van der Waals surface area contributed by atoms with Crippen LogP contribution in [0.3, 0.4) is 0 Å². The Balaban J connectivity index is 1.41. The number of halogens is 1. The van der Waals surface area contributed by atoms with Gasteiger partial charge in [-0.3, -0.25) is 9.88 Å². The summed E-state index contributed by atoms with van der Waals surface area (Å²) in [6, 6.07) is 7.39. The molecule has 4 rings (SSSR count). The van der Waals surface area contributed by atoms with Gasteiger partial charge in [-0.1, -0.05) is 0 Å². The first-order valence-corrected chi connectivity index (χ1v) is 10.5. The second-order valence-electron chi connectivity index (χ2n) is 8.22. The van der Waals surface area contributed by atoms with Crippen LogP contribution in [0.2, 0.25) is 0 Å². The minimum atomic E-state index is -0.171. The van der Waals surface area contributed by atoms with Crippen molar-refractivity contribution in [3.63, 3.8) is 0 Å². The molecule has 1 saturated heterocycles. The van der Waals surface area contributed by atoms with Crippen molar-refractivity contribution in [2.75, 3.05) is 38.2 Å². The fourth-order valence-electron chi connectivity index (χ4n) is 4.37. The van der Waals surface area contributed by atoms with Crippen LogP contribution < -0.4 is 14.8 Å². The molecule has 0 radical (unpaired) electrons. The Bertz CT molecular complexity index is 853. The van der Waals surface area contributed by atoms with Crippen LogP contribution in [0.15, 0.2) is 24.3 Å². The van der Waals surface area contributed by atoms with Crippen LogP contribution >= 0.6 is 0 Å². The minimum Gasteiger partial charge on any atom is -0.493 e. The van der Waals surface area contributed by atoms with Gasteiger partial charge in [0, 0.05) is 60.2 Å². The van der Waals surface area contributed by atoms with Crippen molar-refractivity contribution in [2.24, 2.45) is 5.92 Å². The second kappa shape index (κ2) is 8.57. The van der Waals surface area contributed by atoms with E-state index in [4.69, 9.17) is 9.47 Å². The highest BCUT2D eigenvalue weighted by Gasteiger charge is 2.27. The van der Waals surface area contributed by atoms with Crippen molar-refractivity contribution in [2.45, 2.75) is 39.7 Å². The Kier molecular flexibility index (Phi) is 5.90. The first kappa shape index (κ1) is 20.0. The number of hydrogen-bond donors (Lipinski definition) is 1. The van der Waals surface area contributed by atoms with E-state index < -0.39 is 0 Å². The number of aryl methyl sites for hydroxylation is 2. The highest BCUT2D eigenvalue weighted by molar-refractivity contribution is 5.59. The third-order valence-corrected chi connectivity index (χ3v) is 5.86. The third-order valence-electron chi connectivity index (χ3n) is 5.86. The monoisotopic (exact) mass is 399 g/mol. The predicted molar refractivity (Wildman–Crippen MR) is 112 cm³/mol. The number of piperidine rings is 1. The number of ether oxygens (including phenoxy) is 2. The van der Waals surface area contributed by atoms with E-state index in [1.165, 1.54) is 0 Å². The molecule has 2 aliphatic rings. The molecular weight excluding hydrogens is 369 g/mol. The summed E-state index contributed by atoms with van der Waals surface area (Å²) in [7, 11) is 0. The fraction of sp³-hybridized carbons (Fsp3) is 0.522. The number of anilines is 1. The number of benzene rings is 1. The van der Waals surface area contributed by atoms with Crippen LogP contribution in [0.5, 0.6) is 11.5 Å². The number of likely N-dealkylation sites (tertiary alicyclic amines) is 1. The van der Waals surface area contributed by atoms with Gasteiger partial charge in [0.05, 0.1) is 12.3 Å². The first-order valence-electron chi connectivity index (χ1n) is 10.5. The zero-order valence-corrected chi connectivity index (χ0v) is 17.5. The third kappa shape index (κ3) is 4.64. The summed E-state index contributed by atoms with van der Waals surface area (Å²) in [4.78, 5) is 6.76. The molecule has 1 fully saturated rings. The molecular formula is C23H30FN3O2. The molecule has 0 saturated carbocycles. The van der Waals surface area contributed by atoms with Gasteiger partial charge in [-0.2, -0.15) is 0 Å². The number of hydrogen-bond acceptors (Lipinski definition) is 5. The molecule has 0 spiro atoms. The van der Waals surface area contributed by atoms with E-state index >= 15 is 0 Å². The van der Waals surface area contributed by atoms with Crippen LogP contribution in [-0.4, -0.2) is 42.7 Å². The molecule has 1 N–H and O–H groups in total. The van der Waals surface area contributed by atoms with Gasteiger partial charge in [0.15, 0.2) is 0 Å². The van der Waals surface area contributed by atoms with Gasteiger partial charge in [-0.05, 0) is 46.2 Å². The molecule has 0 aliphatic carbocycles. The maximum Gasteiger partial charge on any atom is 0.143 e. The summed E-state index contributed by atoms with van der Waals surface area (Å²) in [6.45, 7) is 9.92. The lowest BCUT2D eigenvalue weighted by molar-refractivity contribution is 0.0992. The molecule has 1 aromatic heterocycles. The molecule has 1 unspecified atom stereocenters. The lowest BCUT2D eigenvalue weighted by Crippen LogP contribution is -2.39. The average Bonchev–Trinajstić information content (AvgIpc) is 2.71. The molecule has 29 heavy (non-hydrogen) atoms. The molecule has 2 aliphatic heterocycles. The molecule has 2 aromatic rings. The van der Waals surface area contributed by atoms with Crippen molar-refractivity contribution in [1.82, 2.24) is 9.88 Å². The first-order chi connectivity index (χ1) is 14.0. The van der Waals surface area contributed by atoms with Gasteiger partial charge < -0.3 is 14.8 Å². The largest absolute Gasteiger partial charge is 0.493 e. The van der Waals surface area contributed by atoms with Crippen LogP contribution in [0, 0.1) is 25.6 Å². The van der Waals surface area contributed by atoms with E-state index in [0.717, 1.165) is 54.5 Å². The molecule has 2 atom stereocenters. The van der Waals surface area contributed by atoms with E-state index in [9.17, 15) is 4.39 Å². The lowest BCUT2D eigenvalue weighted by Gasteiger charge is -2.37. The van der Waals surface area contributed by atoms with E-state index in [1.807, 2.05) is 32.0 Å². The molecule has 3 heterocycles. The average molecular weight is 400 g/mol. The van der Waals surface area contributed by atoms with Gasteiger partial charge in [-0.15, -0.1) is 0 Å². The summed E-state index contributed by atoms with van der Waals surface area (Å²) in [6.07, 6.45) is 2.23. The maximum atomic E-state index is 14.8. The Labute approximate surface area is 172 Å². The Morgan fingerprint density at radius 3 is 2.86 bits per heavy atom. The molecule has 1 aromatic carbocycles. The summed E-state index contributed by atoms with van der Waals surface area (Å²) in [5.74, 6) is 1.89. The summed E-state index contributed by atoms with van der Waals surface area (Å²) < 4.78 is 26.6. The normalized spacial score (nSPS) is 20.3. The van der Waals surface area contributed by atoms with Crippen molar-refractivity contribution in [1.29, 1.82) is 0 Å². The predicted octanol–water partition coefficient (Wildman–Crippen LogP) is 4.49. The van der Waals surface area contributed by atoms with E-state index in [2.05, 4.69) is 22.1 Å². The lowest BCUT2D eigenvalue weighted by atomic mass is 9.95. The number of fused-ring (bicyclic) bond motifs is 1. The quantitative estimate of drug-likeness (QED) is 0.802. The van der Waals surface area contributed by atoms with Crippen molar-refractivity contribution in [3.05, 3.63) is 47.0 Å². The maximum absolute atomic E-state index is 14.8. The van der Waals surface area contributed by atoms with Gasteiger partial charge in [0.2, 0.25) is 0 Å². The number of aromatic nitrogens is 1. The standard InChI is InChI=1S/C23H30FN3O2/c1-15-9-19(10-16(2)26-15)29-14-18-5-4-7-27(13-18)17(3)20-11-23-22(12-21(20)24)25-6-8-28-23/h9-12,17-18,25H,4-8,13-14H2,1-3H3/t17?,18-/m0/s1. The van der Waals surface area contributed by atoms with E-state index in [1.54, 1.807) is 6.07 Å². The molecule has 156 valence electrons. The summed E-state index contributed by atoms with van der Waals surface area (Å²) >= 11 is 0. The Morgan fingerprint density at radius 2 is 2.07 bits per heavy atom. The highest BCUT2D eigenvalue weighted by atomic mass is 19.1. The van der Waals surface area contributed by atoms with Crippen LogP contribution in [0.1, 0.15) is 42.8 Å². The zero-order valence-electron chi connectivity index (χ0n) is 17.5. The SMILES string of the molecule is Cc1cc(OC[C@H]2CCCN(C(C)c3cc4c(cc3F)NCCO4)C2)cc(C)n1. The summed E-state index contributed by atoms with van der Waals surface area (Å²) in [5.41, 5.74) is 3.39. The smallest absolute Gasteiger partial charge is 0.143 e. The number of nitrogens with zero attached hydrogens (tertiary/aromatic N) is 2. The minimum absolute atomic E-state index is 0.000888. The number of pyridine rings is 1. The number of nitrogens with one attached hydrogen (secondary N) is 1. The topological polar surface area (TPSA) is 46.6 Å². The zero-order chi connectivity index (χ0) is 20.4. The van der Waals surface area contributed by atoms with Crippen molar-refractivity contribution < 1.29 is 13.9 Å². The Hall–Kier alpha value is -2.34. The van der Waals surface area contributed by atoms with Gasteiger partial charge in [0.25, 0.3) is 0 Å². The Morgan fingerprint density at radius 1 is 1.28 bits per heavy atom. The van der Waals surface area contributed by atoms with Gasteiger partial charge >= 0.3 is 0 Å². The van der Waals surface area contributed by atoms with Crippen molar-refractivity contribution in [3.8, 4) is 11.5 Å². The fourth-order valence-corrected chi connectivity index (χ4v) is 4.37. The van der Waals surface area contributed by atoms with Crippen LogP contribution in [-0.2, 0) is 0 Å². The molecule has 0 bridgehead atoms. The van der Waals surface area contributed by atoms with Gasteiger partial charge in [0.1, 0.15) is 23.9 Å². The van der Waals surface area contributed by atoms with Crippen LogP contribution in [0.25, 0.3) is 0 Å². The molecule has 6 heteroatoms. The van der Waals surface area contributed by atoms with Crippen molar-refractivity contribution >= 4 is 5.69 Å². The van der Waals surface area contributed by atoms with Crippen LogP contribution in [0.4, 0.5) is 10.1 Å². The summed E-state index contributed by atoms with van der Waals surface area (Å²) in [5, 5.41) is 3.20. The van der Waals surface area contributed by atoms with E-state index in [-0.39, 0.29) is 11.9 Å². The molecule has 0 amide bonds. The highest BCUT2D eigenvalue weighted by Crippen LogP contribution is 2.35.